The lowest BCUT2D eigenvalue weighted by molar-refractivity contribution is 0.282. The molecule has 100 valence electrons. The summed E-state index contributed by atoms with van der Waals surface area (Å²) in [7, 11) is 0. The maximum absolute atomic E-state index is 13.1. The molecule has 1 fully saturated rings. The van der Waals surface area contributed by atoms with E-state index in [0.717, 1.165) is 18.0 Å². The highest BCUT2D eigenvalue weighted by Gasteiger charge is 2.23. The van der Waals surface area contributed by atoms with E-state index >= 15 is 0 Å². The first-order chi connectivity index (χ1) is 8.70. The zero-order valence-electron chi connectivity index (χ0n) is 10.3. The van der Waals surface area contributed by atoms with Gasteiger partial charge in [0.25, 0.3) is 0 Å². The number of nitrogens with one attached hydrogen (secondary N) is 1. The Balaban J connectivity index is 1.91. The van der Waals surface area contributed by atoms with Crippen LogP contribution in [0.3, 0.4) is 0 Å². The molecule has 0 radical (unpaired) electrons. The summed E-state index contributed by atoms with van der Waals surface area (Å²) in [4.78, 5) is 0. The molecule has 1 aliphatic carbocycles. The zero-order valence-corrected chi connectivity index (χ0v) is 12.6. The van der Waals surface area contributed by atoms with Crippen LogP contribution in [0.1, 0.15) is 31.2 Å². The van der Waals surface area contributed by atoms with Crippen molar-refractivity contribution in [3.63, 3.8) is 0 Å². The topological polar surface area (TPSA) is 12.0 Å². The van der Waals surface area contributed by atoms with Crippen LogP contribution in [0, 0.1) is 11.7 Å². The van der Waals surface area contributed by atoms with Crippen LogP contribution in [0.25, 0.3) is 0 Å². The van der Waals surface area contributed by atoms with E-state index in [4.69, 9.17) is 11.6 Å². The summed E-state index contributed by atoms with van der Waals surface area (Å²) < 4.78 is 13.7. The van der Waals surface area contributed by atoms with Gasteiger partial charge in [-0.15, -0.1) is 11.6 Å². The van der Waals surface area contributed by atoms with E-state index in [1.54, 1.807) is 0 Å². The van der Waals surface area contributed by atoms with Gasteiger partial charge in [-0.2, -0.15) is 0 Å². The average Bonchev–Trinajstić information content (AvgIpc) is 2.40. The second kappa shape index (κ2) is 6.88. The van der Waals surface area contributed by atoms with Gasteiger partial charge in [-0.25, -0.2) is 4.39 Å². The number of hydrogen-bond donors (Lipinski definition) is 1. The quantitative estimate of drug-likeness (QED) is 0.801. The summed E-state index contributed by atoms with van der Waals surface area (Å²) in [5, 5.41) is 3.56. The van der Waals surface area contributed by atoms with Gasteiger partial charge in [-0.1, -0.05) is 18.9 Å². The highest BCUT2D eigenvalue weighted by Crippen LogP contribution is 2.26. The lowest BCUT2D eigenvalue weighted by Crippen LogP contribution is -2.38. The maximum Gasteiger partial charge on any atom is 0.137 e. The van der Waals surface area contributed by atoms with Crippen molar-refractivity contribution < 1.29 is 4.39 Å². The predicted molar refractivity (Wildman–Crippen MR) is 77.4 cm³/mol. The van der Waals surface area contributed by atoms with Crippen molar-refractivity contribution in [1.82, 2.24) is 5.32 Å². The van der Waals surface area contributed by atoms with Crippen LogP contribution < -0.4 is 5.32 Å². The third-order valence-electron chi connectivity index (χ3n) is 3.66. The number of hydrogen-bond acceptors (Lipinski definition) is 1. The van der Waals surface area contributed by atoms with Gasteiger partial charge in [0.2, 0.25) is 0 Å². The number of rotatable bonds is 4. The minimum absolute atomic E-state index is 0.213. The second-order valence-electron chi connectivity index (χ2n) is 4.93. The van der Waals surface area contributed by atoms with Crippen LogP contribution in [0.2, 0.25) is 0 Å². The lowest BCUT2D eigenvalue weighted by atomic mass is 9.85. The van der Waals surface area contributed by atoms with Crippen molar-refractivity contribution in [3.8, 4) is 0 Å². The van der Waals surface area contributed by atoms with Crippen molar-refractivity contribution >= 4 is 27.5 Å². The van der Waals surface area contributed by atoms with Gasteiger partial charge in [0.1, 0.15) is 5.82 Å². The molecule has 1 aliphatic rings. The summed E-state index contributed by atoms with van der Waals surface area (Å²) >= 11 is 9.22. The Morgan fingerprint density at radius 3 is 2.83 bits per heavy atom. The molecule has 4 heteroatoms. The minimum atomic E-state index is -0.213. The molecule has 0 bridgehead atoms. The van der Waals surface area contributed by atoms with Crippen LogP contribution in [0.4, 0.5) is 4.39 Å². The molecule has 0 aromatic heterocycles. The summed E-state index contributed by atoms with van der Waals surface area (Å²) in [6.07, 6.45) is 4.98. The molecule has 1 saturated carbocycles. The molecule has 2 rings (SSSR count). The molecular formula is C14H18BrClFN. The Kier molecular flexibility index (Phi) is 5.46. The highest BCUT2D eigenvalue weighted by molar-refractivity contribution is 9.10. The lowest BCUT2D eigenvalue weighted by Gasteiger charge is -2.31. The molecule has 1 aromatic rings. The van der Waals surface area contributed by atoms with Gasteiger partial charge < -0.3 is 5.32 Å². The fraction of sp³-hybridized carbons (Fsp3) is 0.571. The van der Waals surface area contributed by atoms with Crippen molar-refractivity contribution in [2.24, 2.45) is 5.92 Å². The van der Waals surface area contributed by atoms with E-state index in [9.17, 15) is 4.39 Å². The van der Waals surface area contributed by atoms with E-state index in [-0.39, 0.29) is 5.82 Å². The van der Waals surface area contributed by atoms with E-state index in [0.29, 0.717) is 16.4 Å². The summed E-state index contributed by atoms with van der Waals surface area (Å²) in [5.74, 6) is 1.09. The molecule has 1 nitrogen and oxygen atoms in total. The van der Waals surface area contributed by atoms with Gasteiger partial charge in [0.15, 0.2) is 0 Å². The Hall–Kier alpha value is -0.120. The van der Waals surface area contributed by atoms with Crippen LogP contribution >= 0.6 is 27.5 Å². The number of benzene rings is 1. The summed E-state index contributed by atoms with van der Waals surface area (Å²) in [5.41, 5.74) is 1.10. The van der Waals surface area contributed by atoms with E-state index in [1.807, 2.05) is 12.1 Å². The van der Waals surface area contributed by atoms with Crippen LogP contribution in [-0.2, 0) is 6.54 Å². The van der Waals surface area contributed by atoms with Crippen molar-refractivity contribution in [2.75, 3.05) is 5.88 Å². The van der Waals surface area contributed by atoms with E-state index in [2.05, 4.69) is 21.2 Å². The first-order valence-electron chi connectivity index (χ1n) is 6.44. The predicted octanol–water partition coefficient (Wildman–Crippen LogP) is 4.48. The Labute approximate surface area is 121 Å². The average molecular weight is 335 g/mol. The van der Waals surface area contributed by atoms with Crippen molar-refractivity contribution in [2.45, 2.75) is 38.3 Å². The SMILES string of the molecule is Fc1ccc(CNC2CCCCC2CCl)cc1Br. The monoisotopic (exact) mass is 333 g/mol. The Morgan fingerprint density at radius 2 is 2.11 bits per heavy atom. The molecule has 0 saturated heterocycles. The highest BCUT2D eigenvalue weighted by atomic mass is 79.9. The molecule has 1 aromatic carbocycles. The standard InChI is InChI=1S/C14H18BrClFN/c15-12-7-10(5-6-13(12)17)9-18-14-4-2-1-3-11(14)8-16/h5-7,11,14,18H,1-4,8-9H2. The first kappa shape index (κ1) is 14.3. The molecule has 2 atom stereocenters. The largest absolute Gasteiger partial charge is 0.310 e. The molecule has 2 unspecified atom stereocenters. The van der Waals surface area contributed by atoms with Gasteiger partial charge in [0, 0.05) is 18.5 Å². The van der Waals surface area contributed by atoms with Gasteiger partial charge in [0.05, 0.1) is 4.47 Å². The normalized spacial score (nSPS) is 24.2. The molecule has 1 N–H and O–H groups in total. The summed E-state index contributed by atoms with van der Waals surface area (Å²) in [6, 6.07) is 5.66. The van der Waals surface area contributed by atoms with E-state index < -0.39 is 0 Å². The Morgan fingerprint density at radius 1 is 1.33 bits per heavy atom. The van der Waals surface area contributed by atoms with Crippen molar-refractivity contribution in [3.05, 3.63) is 34.1 Å². The smallest absolute Gasteiger partial charge is 0.137 e. The van der Waals surface area contributed by atoms with Crippen molar-refractivity contribution in [1.29, 1.82) is 0 Å². The van der Waals surface area contributed by atoms with Crippen LogP contribution in [0.15, 0.2) is 22.7 Å². The van der Waals surface area contributed by atoms with Gasteiger partial charge >= 0.3 is 0 Å². The third-order valence-corrected chi connectivity index (χ3v) is 4.66. The number of halogens is 3. The molecule has 0 aliphatic heterocycles. The van der Waals surface area contributed by atoms with Crippen LogP contribution in [0.5, 0.6) is 0 Å². The maximum atomic E-state index is 13.1. The fourth-order valence-corrected chi connectivity index (χ4v) is 3.36. The van der Waals surface area contributed by atoms with E-state index in [1.165, 1.54) is 31.7 Å². The number of alkyl halides is 1. The molecule has 0 heterocycles. The molecular weight excluding hydrogens is 317 g/mol. The minimum Gasteiger partial charge on any atom is -0.310 e. The van der Waals surface area contributed by atoms with Gasteiger partial charge in [-0.05, 0) is 52.4 Å². The second-order valence-corrected chi connectivity index (χ2v) is 6.10. The first-order valence-corrected chi connectivity index (χ1v) is 7.76. The molecule has 0 amide bonds. The van der Waals surface area contributed by atoms with Crippen LogP contribution in [-0.4, -0.2) is 11.9 Å². The third kappa shape index (κ3) is 3.69. The fourth-order valence-electron chi connectivity index (χ4n) is 2.56. The zero-order chi connectivity index (χ0) is 13.0. The molecule has 18 heavy (non-hydrogen) atoms. The Bertz CT molecular complexity index is 399. The summed E-state index contributed by atoms with van der Waals surface area (Å²) in [6.45, 7) is 0.775. The van der Waals surface area contributed by atoms with Gasteiger partial charge in [-0.3, -0.25) is 0 Å². The molecule has 0 spiro atoms.